The van der Waals surface area contributed by atoms with Crippen molar-refractivity contribution in [1.29, 1.82) is 0 Å². The second-order valence-electron chi connectivity index (χ2n) is 4.01. The van der Waals surface area contributed by atoms with Gasteiger partial charge in [0.1, 0.15) is 0 Å². The molecule has 0 bridgehead atoms. The summed E-state index contributed by atoms with van der Waals surface area (Å²) in [7, 11) is 0. The van der Waals surface area contributed by atoms with Gasteiger partial charge >= 0.3 is 11.9 Å². The fraction of sp³-hybridized carbons (Fsp3) is 0.417. The molecule has 0 saturated carbocycles. The van der Waals surface area contributed by atoms with Gasteiger partial charge in [-0.2, -0.15) is 0 Å². The number of aromatic carboxylic acids is 1. The number of pyridine rings is 1. The molecule has 0 unspecified atom stereocenters. The Balaban J connectivity index is 0.000000331. The molecule has 0 aliphatic rings. The molecule has 1 heterocycles. The topological polar surface area (TPSA) is 108 Å². The van der Waals surface area contributed by atoms with Crippen molar-refractivity contribution in [2.45, 2.75) is 26.7 Å². The summed E-state index contributed by atoms with van der Waals surface area (Å²) < 4.78 is 0. The first-order valence-electron chi connectivity index (χ1n) is 5.44. The van der Waals surface area contributed by atoms with Gasteiger partial charge in [0.05, 0.1) is 0 Å². The molecule has 0 aliphatic carbocycles. The summed E-state index contributed by atoms with van der Waals surface area (Å²) in [6.07, 6.45) is 1.09. The standard InChI is InChI=1S/C6H5NO3.C6H12O2/c8-5-3-1-2-4(7-5)6(9)10;1-5(2)3-4-6(7)8/h1-3H,(H,7,8)(H,9,10);5H,3-4H2,1-2H3,(H,7,8). The summed E-state index contributed by atoms with van der Waals surface area (Å²) in [5.74, 6) is -1.61. The van der Waals surface area contributed by atoms with Gasteiger partial charge in [-0.1, -0.05) is 19.9 Å². The second-order valence-corrected chi connectivity index (χ2v) is 4.01. The molecule has 0 amide bonds. The molecule has 0 aromatic carbocycles. The Morgan fingerprint density at radius 3 is 2.17 bits per heavy atom. The van der Waals surface area contributed by atoms with Crippen LogP contribution in [0.1, 0.15) is 37.2 Å². The van der Waals surface area contributed by atoms with Crippen LogP contribution in [0.2, 0.25) is 0 Å². The lowest BCUT2D eigenvalue weighted by molar-refractivity contribution is -0.137. The number of carboxylic acids is 2. The van der Waals surface area contributed by atoms with Crippen molar-refractivity contribution in [3.63, 3.8) is 0 Å². The van der Waals surface area contributed by atoms with Gasteiger partial charge in [0.2, 0.25) is 5.88 Å². The summed E-state index contributed by atoms with van der Waals surface area (Å²) in [4.78, 5) is 23.4. The van der Waals surface area contributed by atoms with Crippen LogP contribution in [0.4, 0.5) is 0 Å². The van der Waals surface area contributed by atoms with Crippen LogP contribution >= 0.6 is 0 Å². The zero-order chi connectivity index (χ0) is 14.1. The van der Waals surface area contributed by atoms with Gasteiger partial charge in [0.15, 0.2) is 5.69 Å². The Kier molecular flexibility index (Phi) is 7.11. The predicted molar refractivity (Wildman–Crippen MR) is 64.6 cm³/mol. The predicted octanol–water partition coefficient (Wildman–Crippen LogP) is 1.99. The summed E-state index contributed by atoms with van der Waals surface area (Å²) in [5, 5.41) is 25.2. The highest BCUT2D eigenvalue weighted by Crippen LogP contribution is 2.03. The van der Waals surface area contributed by atoms with Crippen LogP contribution in [0.5, 0.6) is 5.88 Å². The molecule has 18 heavy (non-hydrogen) atoms. The molecule has 0 atom stereocenters. The van der Waals surface area contributed by atoms with Crippen molar-refractivity contribution in [3.05, 3.63) is 23.9 Å². The summed E-state index contributed by atoms with van der Waals surface area (Å²) in [5.41, 5.74) is -0.153. The SMILES string of the molecule is CC(C)CCC(=O)O.O=C(O)c1cccc(O)n1. The third-order valence-electron chi connectivity index (χ3n) is 1.89. The fourth-order valence-electron chi connectivity index (χ4n) is 0.955. The van der Waals surface area contributed by atoms with Crippen LogP contribution < -0.4 is 0 Å². The lowest BCUT2D eigenvalue weighted by atomic mass is 10.1. The van der Waals surface area contributed by atoms with E-state index in [1.165, 1.54) is 18.2 Å². The molecule has 0 fully saturated rings. The molecular formula is C12H17NO5. The molecule has 3 N–H and O–H groups in total. The van der Waals surface area contributed by atoms with E-state index in [0.29, 0.717) is 12.3 Å². The van der Waals surface area contributed by atoms with Crippen molar-refractivity contribution in [2.75, 3.05) is 0 Å². The average molecular weight is 255 g/mol. The van der Waals surface area contributed by atoms with E-state index < -0.39 is 11.9 Å². The molecule has 100 valence electrons. The zero-order valence-electron chi connectivity index (χ0n) is 10.3. The Bertz CT molecular complexity index is 403. The summed E-state index contributed by atoms with van der Waals surface area (Å²) in [6.45, 7) is 4.03. The minimum atomic E-state index is -1.14. The van der Waals surface area contributed by atoms with Gasteiger partial charge < -0.3 is 15.3 Å². The molecule has 1 rings (SSSR count). The Morgan fingerprint density at radius 1 is 1.28 bits per heavy atom. The smallest absolute Gasteiger partial charge is 0.354 e. The van der Waals surface area contributed by atoms with Gasteiger partial charge in [0.25, 0.3) is 0 Å². The maximum absolute atomic E-state index is 10.2. The van der Waals surface area contributed by atoms with Gasteiger partial charge in [0, 0.05) is 12.5 Å². The van der Waals surface area contributed by atoms with Crippen molar-refractivity contribution >= 4 is 11.9 Å². The number of nitrogens with zero attached hydrogens (tertiary/aromatic N) is 1. The highest BCUT2D eigenvalue weighted by Gasteiger charge is 2.02. The van der Waals surface area contributed by atoms with Crippen molar-refractivity contribution in [2.24, 2.45) is 5.92 Å². The maximum atomic E-state index is 10.2. The monoisotopic (exact) mass is 255 g/mol. The molecule has 0 spiro atoms. The molecule has 6 nitrogen and oxygen atoms in total. The summed E-state index contributed by atoms with van der Waals surface area (Å²) >= 11 is 0. The number of carboxylic acid groups (broad SMARTS) is 2. The van der Waals surface area contributed by atoms with Crippen LogP contribution in [0.3, 0.4) is 0 Å². The van der Waals surface area contributed by atoms with Crippen LogP contribution in [-0.2, 0) is 4.79 Å². The fourth-order valence-corrected chi connectivity index (χ4v) is 0.955. The van der Waals surface area contributed by atoms with Crippen molar-refractivity contribution in [1.82, 2.24) is 4.98 Å². The van der Waals surface area contributed by atoms with Gasteiger partial charge in [-0.05, 0) is 18.4 Å². The number of carbonyl (C=O) groups is 2. The third-order valence-corrected chi connectivity index (χ3v) is 1.89. The number of hydrogen-bond donors (Lipinski definition) is 3. The van der Waals surface area contributed by atoms with Crippen LogP contribution in [-0.4, -0.2) is 32.2 Å². The van der Waals surface area contributed by atoms with Gasteiger partial charge in [-0.3, -0.25) is 4.79 Å². The van der Waals surface area contributed by atoms with Crippen LogP contribution in [0, 0.1) is 5.92 Å². The second kappa shape index (κ2) is 8.05. The van der Waals surface area contributed by atoms with E-state index in [0.717, 1.165) is 6.42 Å². The molecule has 6 heteroatoms. The first-order valence-corrected chi connectivity index (χ1v) is 5.44. The lowest BCUT2D eigenvalue weighted by Gasteiger charge is -1.97. The summed E-state index contributed by atoms with van der Waals surface area (Å²) in [6, 6.07) is 4.04. The van der Waals surface area contributed by atoms with Gasteiger partial charge in [-0.15, -0.1) is 0 Å². The van der Waals surface area contributed by atoms with Crippen molar-refractivity contribution < 1.29 is 24.9 Å². The lowest BCUT2D eigenvalue weighted by Crippen LogP contribution is -1.98. The molecule has 1 aromatic heterocycles. The molecule has 0 aliphatic heterocycles. The number of aliphatic carboxylic acids is 1. The molecule has 0 radical (unpaired) electrons. The van der Waals surface area contributed by atoms with E-state index in [-0.39, 0.29) is 11.6 Å². The normalized spacial score (nSPS) is 9.50. The van der Waals surface area contributed by atoms with Gasteiger partial charge in [-0.25, -0.2) is 9.78 Å². The molecule has 1 aromatic rings. The van der Waals surface area contributed by atoms with E-state index in [1.54, 1.807) is 0 Å². The minimum absolute atomic E-state index is 0.153. The first kappa shape index (κ1) is 15.9. The highest BCUT2D eigenvalue weighted by molar-refractivity contribution is 5.85. The molecular weight excluding hydrogens is 238 g/mol. The van der Waals surface area contributed by atoms with E-state index in [9.17, 15) is 9.59 Å². The number of hydrogen-bond acceptors (Lipinski definition) is 4. The Labute approximate surface area is 105 Å². The van der Waals surface area contributed by atoms with E-state index >= 15 is 0 Å². The molecule has 0 saturated heterocycles. The van der Waals surface area contributed by atoms with Crippen LogP contribution in [0.15, 0.2) is 18.2 Å². The average Bonchev–Trinajstić information content (AvgIpc) is 2.27. The quantitative estimate of drug-likeness (QED) is 0.759. The van der Waals surface area contributed by atoms with Crippen LogP contribution in [0.25, 0.3) is 0 Å². The number of rotatable bonds is 4. The highest BCUT2D eigenvalue weighted by atomic mass is 16.4. The maximum Gasteiger partial charge on any atom is 0.354 e. The largest absolute Gasteiger partial charge is 0.493 e. The Hall–Kier alpha value is -2.11. The van der Waals surface area contributed by atoms with Crippen molar-refractivity contribution in [3.8, 4) is 5.88 Å². The Morgan fingerprint density at radius 2 is 1.89 bits per heavy atom. The minimum Gasteiger partial charge on any atom is -0.493 e. The van der Waals surface area contributed by atoms with E-state index in [4.69, 9.17) is 15.3 Å². The first-order chi connectivity index (χ1) is 8.32. The number of aromatic hydroxyl groups is 1. The zero-order valence-corrected chi connectivity index (χ0v) is 10.3. The van der Waals surface area contributed by atoms with E-state index in [2.05, 4.69) is 4.98 Å². The third kappa shape index (κ3) is 8.09. The van der Waals surface area contributed by atoms with E-state index in [1.807, 2.05) is 13.8 Å². The number of aromatic nitrogens is 1.